The van der Waals surface area contributed by atoms with Gasteiger partial charge in [0, 0.05) is 38.8 Å². The molecule has 1 unspecified atom stereocenters. The molecule has 4 amide bonds. The second-order valence-electron chi connectivity index (χ2n) is 13.8. The zero-order chi connectivity index (χ0) is 37.6. The Morgan fingerprint density at radius 3 is 2.22 bits per heavy atom. The van der Waals surface area contributed by atoms with E-state index in [2.05, 4.69) is 63.5 Å². The third kappa shape index (κ3) is 7.89. The summed E-state index contributed by atoms with van der Waals surface area (Å²) in [6, 6.07) is 25.0. The number of piperazine rings is 1. The Morgan fingerprint density at radius 1 is 0.833 bits per heavy atom. The van der Waals surface area contributed by atoms with Gasteiger partial charge in [0.15, 0.2) is 0 Å². The molecule has 2 fully saturated rings. The molecule has 0 saturated carbocycles. The number of carbonyl (C=O) groups excluding carboxylic acids is 4. The summed E-state index contributed by atoms with van der Waals surface area (Å²) >= 11 is 0. The monoisotopic (exact) mass is 728 g/mol. The summed E-state index contributed by atoms with van der Waals surface area (Å²) in [5.74, 6) is -0.839. The number of hydrogen-bond acceptors (Lipinski definition) is 10. The number of imide groups is 2. The molecular formula is C42H44N6O6. The first-order valence-electron chi connectivity index (χ1n) is 18.7. The van der Waals surface area contributed by atoms with Crippen LogP contribution in [0.15, 0.2) is 85.1 Å². The number of aromatic hydroxyl groups is 1. The minimum Gasteiger partial charge on any atom is -0.508 e. The van der Waals surface area contributed by atoms with Crippen molar-refractivity contribution in [3.05, 3.63) is 113 Å². The van der Waals surface area contributed by atoms with Crippen molar-refractivity contribution in [3.8, 4) is 11.5 Å². The van der Waals surface area contributed by atoms with E-state index >= 15 is 0 Å². The van der Waals surface area contributed by atoms with E-state index in [1.807, 2.05) is 35.2 Å². The molecule has 3 aromatic carbocycles. The smallest absolute Gasteiger partial charge is 0.281 e. The molecule has 1 atom stereocenters. The van der Waals surface area contributed by atoms with Crippen LogP contribution in [0.5, 0.6) is 11.5 Å². The number of phenolic OH excluding ortho intramolecular Hbond substituents is 1. The first kappa shape index (κ1) is 36.5. The van der Waals surface area contributed by atoms with Crippen LogP contribution in [0.2, 0.25) is 0 Å². The van der Waals surface area contributed by atoms with E-state index in [4.69, 9.17) is 4.74 Å². The van der Waals surface area contributed by atoms with E-state index in [0.29, 0.717) is 25.6 Å². The lowest BCUT2D eigenvalue weighted by Gasteiger charge is -2.34. The summed E-state index contributed by atoms with van der Waals surface area (Å²) in [5, 5.41) is 12.1. The number of benzene rings is 3. The van der Waals surface area contributed by atoms with Gasteiger partial charge in [-0.1, -0.05) is 61.5 Å². The number of fused-ring (bicyclic) bond motifs is 1. The van der Waals surface area contributed by atoms with Gasteiger partial charge >= 0.3 is 0 Å². The standard InChI is InChI=1S/C42H44N6O6/c1-2-33(28-9-5-3-6-10-28)37(29-11-15-31(49)16-12-29)30-13-17-32(18-14-30)54-26-8-4-7-21-46-22-24-47(25-23-46)42-43-27-34-38(45-42)41(53)48(40(34)52)35-19-20-36(50)44-39(35)51/h3,5-6,9-18,27,35,49H,2,4,7-8,19-26H2,1H3,(H,44,50,51). The van der Waals surface area contributed by atoms with Crippen LogP contribution in [0.25, 0.3) is 11.1 Å². The molecule has 3 aliphatic heterocycles. The molecule has 2 N–H and O–H groups in total. The number of nitrogens with zero attached hydrogens (tertiary/aromatic N) is 5. The van der Waals surface area contributed by atoms with Crippen molar-refractivity contribution in [3.63, 3.8) is 0 Å². The van der Waals surface area contributed by atoms with E-state index in [9.17, 15) is 24.3 Å². The number of ether oxygens (including phenoxy) is 1. The number of rotatable bonds is 13. The number of piperidine rings is 1. The van der Waals surface area contributed by atoms with Crippen molar-refractivity contribution in [1.82, 2.24) is 25.1 Å². The predicted octanol–water partition coefficient (Wildman–Crippen LogP) is 5.32. The van der Waals surface area contributed by atoms with Gasteiger partial charge in [0.2, 0.25) is 17.8 Å². The van der Waals surface area contributed by atoms with Crippen LogP contribution in [0, 0.1) is 0 Å². The van der Waals surface area contributed by atoms with Crippen molar-refractivity contribution < 1.29 is 29.0 Å². The van der Waals surface area contributed by atoms with Gasteiger partial charge in [-0.15, -0.1) is 0 Å². The molecule has 0 spiro atoms. The van der Waals surface area contributed by atoms with Gasteiger partial charge in [0.1, 0.15) is 23.2 Å². The largest absolute Gasteiger partial charge is 0.508 e. The molecule has 2 saturated heterocycles. The normalized spacial score (nSPS) is 18.1. The minimum absolute atomic E-state index is 0.000324. The van der Waals surface area contributed by atoms with Crippen molar-refractivity contribution >= 4 is 40.7 Å². The fourth-order valence-corrected chi connectivity index (χ4v) is 7.39. The summed E-state index contributed by atoms with van der Waals surface area (Å²) in [6.07, 6.45) is 5.41. The van der Waals surface area contributed by atoms with Crippen LogP contribution in [0.4, 0.5) is 5.95 Å². The zero-order valence-corrected chi connectivity index (χ0v) is 30.4. The van der Waals surface area contributed by atoms with Crippen LogP contribution < -0.4 is 15.0 Å². The van der Waals surface area contributed by atoms with Crippen LogP contribution in [0.1, 0.15) is 83.0 Å². The molecule has 4 heterocycles. The molecule has 54 heavy (non-hydrogen) atoms. The van der Waals surface area contributed by atoms with Gasteiger partial charge in [-0.2, -0.15) is 0 Å². The topological polar surface area (TPSA) is 145 Å². The Kier molecular flexibility index (Phi) is 11.1. The lowest BCUT2D eigenvalue weighted by Crippen LogP contribution is -2.54. The maximum atomic E-state index is 13.2. The molecular weight excluding hydrogens is 684 g/mol. The summed E-state index contributed by atoms with van der Waals surface area (Å²) in [5.41, 5.74) is 5.78. The molecule has 278 valence electrons. The van der Waals surface area contributed by atoms with E-state index in [1.165, 1.54) is 17.3 Å². The quantitative estimate of drug-likeness (QED) is 0.105. The van der Waals surface area contributed by atoms with E-state index in [0.717, 1.165) is 72.7 Å². The number of unbranched alkanes of at least 4 members (excludes halogenated alkanes) is 2. The number of allylic oxidation sites excluding steroid dienone is 1. The van der Waals surface area contributed by atoms with Crippen LogP contribution in [-0.4, -0.2) is 93.9 Å². The van der Waals surface area contributed by atoms with Crippen molar-refractivity contribution in [2.24, 2.45) is 0 Å². The Balaban J connectivity index is 0.863. The van der Waals surface area contributed by atoms with E-state index in [1.54, 1.807) is 12.1 Å². The fraction of sp³-hybridized carbons (Fsp3) is 0.333. The zero-order valence-electron chi connectivity index (χ0n) is 30.4. The molecule has 0 bridgehead atoms. The summed E-state index contributed by atoms with van der Waals surface area (Å²) in [4.78, 5) is 64.2. The summed E-state index contributed by atoms with van der Waals surface area (Å²) < 4.78 is 6.12. The van der Waals surface area contributed by atoms with Gasteiger partial charge in [-0.3, -0.25) is 34.3 Å². The summed E-state index contributed by atoms with van der Waals surface area (Å²) in [6.45, 7) is 6.79. The number of carbonyl (C=O) groups is 4. The highest BCUT2D eigenvalue weighted by atomic mass is 16.5. The van der Waals surface area contributed by atoms with Crippen LogP contribution >= 0.6 is 0 Å². The second-order valence-corrected chi connectivity index (χ2v) is 13.8. The highest BCUT2D eigenvalue weighted by Crippen LogP contribution is 2.36. The Morgan fingerprint density at radius 2 is 1.54 bits per heavy atom. The van der Waals surface area contributed by atoms with Gasteiger partial charge < -0.3 is 14.7 Å². The SMILES string of the molecule is CCC(=C(c1ccc(O)cc1)c1ccc(OCCCCCN2CCN(c3ncc4c(n3)C(=O)N(C3CCC(=O)NC3=O)C4=O)CC2)cc1)c1ccccc1. The highest BCUT2D eigenvalue weighted by molar-refractivity contribution is 6.22. The molecule has 1 aromatic heterocycles. The lowest BCUT2D eigenvalue weighted by molar-refractivity contribution is -0.136. The average molecular weight is 729 g/mol. The van der Waals surface area contributed by atoms with Crippen molar-refractivity contribution in [1.29, 1.82) is 0 Å². The highest BCUT2D eigenvalue weighted by Gasteiger charge is 2.46. The van der Waals surface area contributed by atoms with Gasteiger partial charge in [-0.25, -0.2) is 9.97 Å². The van der Waals surface area contributed by atoms with E-state index in [-0.39, 0.29) is 29.8 Å². The van der Waals surface area contributed by atoms with Gasteiger partial charge in [0.05, 0.1) is 12.2 Å². The fourth-order valence-electron chi connectivity index (χ4n) is 7.39. The average Bonchev–Trinajstić information content (AvgIpc) is 3.44. The molecule has 12 heteroatoms. The molecule has 4 aromatic rings. The Bertz CT molecular complexity index is 2040. The molecule has 0 radical (unpaired) electrons. The van der Waals surface area contributed by atoms with Gasteiger partial charge in [0.25, 0.3) is 11.8 Å². The second kappa shape index (κ2) is 16.4. The first-order chi connectivity index (χ1) is 26.3. The lowest BCUT2D eigenvalue weighted by atomic mass is 9.88. The number of hydrogen-bond donors (Lipinski definition) is 2. The maximum absolute atomic E-state index is 13.2. The summed E-state index contributed by atoms with van der Waals surface area (Å²) in [7, 11) is 0. The van der Waals surface area contributed by atoms with Crippen LogP contribution in [-0.2, 0) is 9.59 Å². The van der Waals surface area contributed by atoms with Crippen LogP contribution in [0.3, 0.4) is 0 Å². The number of nitrogens with one attached hydrogen (secondary N) is 1. The van der Waals surface area contributed by atoms with Crippen molar-refractivity contribution in [2.45, 2.75) is 51.5 Å². The third-order valence-corrected chi connectivity index (χ3v) is 10.3. The third-order valence-electron chi connectivity index (χ3n) is 10.3. The molecule has 7 rings (SSSR count). The van der Waals surface area contributed by atoms with Crippen molar-refractivity contribution in [2.75, 3.05) is 44.2 Å². The minimum atomic E-state index is -1.03. The Hall–Kier alpha value is -5.88. The number of phenols is 1. The Labute approximate surface area is 314 Å². The maximum Gasteiger partial charge on any atom is 0.281 e. The molecule has 0 aliphatic carbocycles. The first-order valence-corrected chi connectivity index (χ1v) is 18.7. The molecule has 3 aliphatic rings. The number of anilines is 1. The van der Waals surface area contributed by atoms with E-state index < -0.39 is 29.7 Å². The number of aromatic nitrogens is 2. The molecule has 12 nitrogen and oxygen atoms in total. The number of amides is 4. The van der Waals surface area contributed by atoms with Gasteiger partial charge in [-0.05, 0) is 90.8 Å². The predicted molar refractivity (Wildman–Crippen MR) is 204 cm³/mol.